The second-order valence-corrected chi connectivity index (χ2v) is 4.22. The maximum absolute atomic E-state index is 3.42. The number of nitrogens with one attached hydrogen (secondary N) is 1. The molecule has 2 aromatic carbocycles. The van der Waals surface area contributed by atoms with E-state index in [0.29, 0.717) is 0 Å². The van der Waals surface area contributed by atoms with E-state index >= 15 is 0 Å². The van der Waals surface area contributed by atoms with Crippen molar-refractivity contribution in [1.82, 2.24) is 0 Å². The second-order valence-electron chi connectivity index (χ2n) is 4.22. The van der Waals surface area contributed by atoms with Gasteiger partial charge in [0, 0.05) is 12.2 Å². The molecular weight excluding hydrogens is 206 g/mol. The van der Waals surface area contributed by atoms with E-state index < -0.39 is 0 Å². The Labute approximate surface area is 103 Å². The number of benzene rings is 2. The Morgan fingerprint density at radius 3 is 2.12 bits per heavy atom. The lowest BCUT2D eigenvalue weighted by Gasteiger charge is -2.07. The van der Waals surface area contributed by atoms with E-state index in [9.17, 15) is 0 Å². The van der Waals surface area contributed by atoms with Gasteiger partial charge in [-0.2, -0.15) is 0 Å². The van der Waals surface area contributed by atoms with Gasteiger partial charge in [0.2, 0.25) is 0 Å². The van der Waals surface area contributed by atoms with Gasteiger partial charge in [0.15, 0.2) is 0 Å². The molecule has 0 spiro atoms. The van der Waals surface area contributed by atoms with Crippen molar-refractivity contribution in [3.63, 3.8) is 0 Å². The molecule has 1 heteroatoms. The summed E-state index contributed by atoms with van der Waals surface area (Å²) in [6.45, 7) is 3.27. The van der Waals surface area contributed by atoms with Crippen LogP contribution in [0.5, 0.6) is 0 Å². The van der Waals surface area contributed by atoms with Crippen molar-refractivity contribution in [2.45, 2.75) is 19.8 Å². The predicted octanol–water partition coefficient (Wildman–Crippen LogP) is 4.57. The van der Waals surface area contributed by atoms with Gasteiger partial charge in [-0.1, -0.05) is 55.8 Å². The van der Waals surface area contributed by atoms with Crippen molar-refractivity contribution >= 4 is 5.69 Å². The molecule has 0 heterocycles. The molecule has 0 aliphatic heterocycles. The first-order chi connectivity index (χ1) is 8.40. The maximum Gasteiger partial charge on any atom is 0.0340 e. The third-order valence-electron chi connectivity index (χ3n) is 2.85. The predicted molar refractivity (Wildman–Crippen MR) is 75.3 cm³/mol. The topological polar surface area (TPSA) is 12.0 Å². The Kier molecular flexibility index (Phi) is 4.20. The summed E-state index contributed by atoms with van der Waals surface area (Å²) in [6, 6.07) is 19.1. The molecule has 17 heavy (non-hydrogen) atoms. The van der Waals surface area contributed by atoms with Gasteiger partial charge in [-0.15, -0.1) is 0 Å². The van der Waals surface area contributed by atoms with Crippen molar-refractivity contribution < 1.29 is 0 Å². The second kappa shape index (κ2) is 6.09. The minimum absolute atomic E-state index is 1.06. The molecule has 88 valence electrons. The third-order valence-corrected chi connectivity index (χ3v) is 2.85. The van der Waals surface area contributed by atoms with Crippen molar-refractivity contribution in [2.24, 2.45) is 0 Å². The summed E-state index contributed by atoms with van der Waals surface area (Å²) in [5.41, 5.74) is 3.75. The third kappa shape index (κ3) is 3.35. The standard InChI is InChI=1S/C16H19N/c1-2-3-13-17-16-11-9-15(10-12-16)14-7-5-4-6-8-14/h4-12,17H,2-3,13H2,1H3. The molecule has 0 amide bonds. The number of rotatable bonds is 5. The lowest BCUT2D eigenvalue weighted by molar-refractivity contribution is 0.834. The summed E-state index contributed by atoms with van der Waals surface area (Å²) in [5, 5.41) is 3.42. The van der Waals surface area contributed by atoms with Crippen LogP contribution in [0.4, 0.5) is 5.69 Å². The van der Waals surface area contributed by atoms with Crippen LogP contribution < -0.4 is 5.32 Å². The Bertz CT molecular complexity index is 431. The number of unbranched alkanes of at least 4 members (excludes halogenated alkanes) is 1. The molecule has 2 aromatic rings. The fourth-order valence-electron chi connectivity index (χ4n) is 1.82. The summed E-state index contributed by atoms with van der Waals surface area (Å²) in [7, 11) is 0. The van der Waals surface area contributed by atoms with Crippen LogP contribution >= 0.6 is 0 Å². The largest absolute Gasteiger partial charge is 0.385 e. The molecule has 1 nitrogen and oxygen atoms in total. The molecule has 1 N–H and O–H groups in total. The zero-order valence-electron chi connectivity index (χ0n) is 10.3. The molecule has 0 aliphatic rings. The molecule has 0 fully saturated rings. The van der Waals surface area contributed by atoms with Gasteiger partial charge < -0.3 is 5.32 Å². The highest BCUT2D eigenvalue weighted by Gasteiger charge is 1.96. The van der Waals surface area contributed by atoms with E-state index in [4.69, 9.17) is 0 Å². The molecule has 0 saturated heterocycles. The van der Waals surface area contributed by atoms with Gasteiger partial charge in [-0.25, -0.2) is 0 Å². The number of hydrogen-bond acceptors (Lipinski definition) is 1. The quantitative estimate of drug-likeness (QED) is 0.735. The SMILES string of the molecule is CCCCNc1ccc(-c2ccccc2)cc1. The van der Waals surface area contributed by atoms with Crippen molar-refractivity contribution in [3.8, 4) is 11.1 Å². The Morgan fingerprint density at radius 2 is 1.47 bits per heavy atom. The van der Waals surface area contributed by atoms with Crippen LogP contribution in [-0.2, 0) is 0 Å². The zero-order valence-corrected chi connectivity index (χ0v) is 10.3. The summed E-state index contributed by atoms with van der Waals surface area (Å²) >= 11 is 0. The highest BCUT2D eigenvalue weighted by atomic mass is 14.9. The molecule has 0 aromatic heterocycles. The fourth-order valence-corrected chi connectivity index (χ4v) is 1.82. The molecular formula is C16H19N. The summed E-state index contributed by atoms with van der Waals surface area (Å²) in [5.74, 6) is 0. The Balaban J connectivity index is 2.03. The van der Waals surface area contributed by atoms with Crippen LogP contribution in [0, 0.1) is 0 Å². The number of hydrogen-bond donors (Lipinski definition) is 1. The van der Waals surface area contributed by atoms with Gasteiger partial charge in [-0.3, -0.25) is 0 Å². The normalized spacial score (nSPS) is 10.2. The van der Waals surface area contributed by atoms with Gasteiger partial charge in [0.1, 0.15) is 0 Å². The van der Waals surface area contributed by atoms with Crippen LogP contribution in [0.3, 0.4) is 0 Å². The van der Waals surface area contributed by atoms with Crippen LogP contribution in [0.25, 0.3) is 11.1 Å². The van der Waals surface area contributed by atoms with Crippen molar-refractivity contribution in [3.05, 3.63) is 54.6 Å². The fraction of sp³-hybridized carbons (Fsp3) is 0.250. The minimum atomic E-state index is 1.06. The van der Waals surface area contributed by atoms with Crippen molar-refractivity contribution in [2.75, 3.05) is 11.9 Å². The van der Waals surface area contributed by atoms with E-state index in [0.717, 1.165) is 6.54 Å². The monoisotopic (exact) mass is 225 g/mol. The highest BCUT2D eigenvalue weighted by Crippen LogP contribution is 2.20. The maximum atomic E-state index is 3.42. The molecule has 0 radical (unpaired) electrons. The van der Waals surface area contributed by atoms with E-state index in [1.807, 2.05) is 6.07 Å². The summed E-state index contributed by atoms with van der Waals surface area (Å²) < 4.78 is 0. The first-order valence-corrected chi connectivity index (χ1v) is 6.29. The average molecular weight is 225 g/mol. The Hall–Kier alpha value is -1.76. The van der Waals surface area contributed by atoms with Gasteiger partial charge in [0.25, 0.3) is 0 Å². The molecule has 2 rings (SSSR count). The first kappa shape index (κ1) is 11.7. The smallest absolute Gasteiger partial charge is 0.0340 e. The van der Waals surface area contributed by atoms with Crippen LogP contribution in [0.2, 0.25) is 0 Å². The van der Waals surface area contributed by atoms with Crippen LogP contribution in [0.1, 0.15) is 19.8 Å². The molecule has 0 aliphatic carbocycles. The van der Waals surface area contributed by atoms with Crippen molar-refractivity contribution in [1.29, 1.82) is 0 Å². The first-order valence-electron chi connectivity index (χ1n) is 6.29. The Morgan fingerprint density at radius 1 is 0.824 bits per heavy atom. The van der Waals surface area contributed by atoms with E-state index in [2.05, 4.69) is 60.8 Å². The summed E-state index contributed by atoms with van der Waals surface area (Å²) in [6.07, 6.45) is 2.45. The van der Waals surface area contributed by atoms with Crippen LogP contribution in [-0.4, -0.2) is 6.54 Å². The molecule has 0 unspecified atom stereocenters. The lowest BCUT2D eigenvalue weighted by atomic mass is 10.1. The van der Waals surface area contributed by atoms with Crippen LogP contribution in [0.15, 0.2) is 54.6 Å². The lowest BCUT2D eigenvalue weighted by Crippen LogP contribution is -2.00. The van der Waals surface area contributed by atoms with E-state index in [-0.39, 0.29) is 0 Å². The zero-order chi connectivity index (χ0) is 11.9. The highest BCUT2D eigenvalue weighted by molar-refractivity contribution is 5.65. The summed E-state index contributed by atoms with van der Waals surface area (Å²) in [4.78, 5) is 0. The van der Waals surface area contributed by atoms with Gasteiger partial charge >= 0.3 is 0 Å². The molecule has 0 bridgehead atoms. The van der Waals surface area contributed by atoms with E-state index in [1.165, 1.54) is 29.7 Å². The van der Waals surface area contributed by atoms with E-state index in [1.54, 1.807) is 0 Å². The minimum Gasteiger partial charge on any atom is -0.385 e. The van der Waals surface area contributed by atoms with Gasteiger partial charge in [-0.05, 0) is 29.7 Å². The van der Waals surface area contributed by atoms with Gasteiger partial charge in [0.05, 0.1) is 0 Å². The number of anilines is 1. The molecule has 0 atom stereocenters. The average Bonchev–Trinajstić information content (AvgIpc) is 2.41. The molecule has 0 saturated carbocycles.